The normalized spacial score (nSPS) is 12.0. The van der Waals surface area contributed by atoms with Crippen LogP contribution in [0.4, 0.5) is 4.39 Å². The predicted octanol–water partition coefficient (Wildman–Crippen LogP) is 1.32. The van der Waals surface area contributed by atoms with E-state index in [4.69, 9.17) is 0 Å². The number of amides is 1. The molecular weight excluding hydrogens is 301 g/mol. The molecule has 2 aromatic rings. The van der Waals surface area contributed by atoms with Crippen LogP contribution in [-0.2, 0) is 11.2 Å². The molecule has 1 heterocycles. The third-order valence-electron chi connectivity index (χ3n) is 3.58. The van der Waals surface area contributed by atoms with Crippen LogP contribution in [0.3, 0.4) is 0 Å². The van der Waals surface area contributed by atoms with E-state index >= 15 is 0 Å². The maximum atomic E-state index is 13.2. The molecule has 0 aliphatic rings. The van der Waals surface area contributed by atoms with Crippen molar-refractivity contribution in [2.24, 2.45) is 0 Å². The molecule has 3 N–H and O–H groups in total. The predicted molar refractivity (Wildman–Crippen MR) is 83.7 cm³/mol. The Morgan fingerprint density at radius 3 is 2.70 bits per heavy atom. The second-order valence-corrected chi connectivity index (χ2v) is 5.36. The molecule has 7 heteroatoms. The highest BCUT2D eigenvalue weighted by Crippen LogP contribution is 2.13. The van der Waals surface area contributed by atoms with Gasteiger partial charge in [-0.2, -0.15) is 0 Å². The highest BCUT2D eigenvalue weighted by atomic mass is 19.1. The van der Waals surface area contributed by atoms with Crippen molar-refractivity contribution in [2.45, 2.75) is 32.7 Å². The first-order chi connectivity index (χ1) is 10.9. The molecular formula is C16H18FN3O3. The lowest BCUT2D eigenvalue weighted by molar-refractivity contribution is -0.121. The highest BCUT2D eigenvalue weighted by Gasteiger charge is 2.12. The fourth-order valence-corrected chi connectivity index (χ4v) is 2.34. The van der Waals surface area contributed by atoms with Gasteiger partial charge in [0, 0.05) is 17.7 Å². The highest BCUT2D eigenvalue weighted by molar-refractivity contribution is 5.76. The van der Waals surface area contributed by atoms with Crippen LogP contribution in [-0.4, -0.2) is 15.9 Å². The van der Waals surface area contributed by atoms with E-state index in [0.29, 0.717) is 16.8 Å². The van der Waals surface area contributed by atoms with Crippen molar-refractivity contribution in [3.05, 3.63) is 67.7 Å². The van der Waals surface area contributed by atoms with E-state index in [0.717, 1.165) is 0 Å². The lowest BCUT2D eigenvalue weighted by Gasteiger charge is -2.14. The lowest BCUT2D eigenvalue weighted by atomic mass is 10.1. The summed E-state index contributed by atoms with van der Waals surface area (Å²) in [4.78, 5) is 39.4. The van der Waals surface area contributed by atoms with Crippen molar-refractivity contribution in [3.8, 4) is 0 Å². The number of aryl methyl sites for hydroxylation is 1. The molecule has 1 atom stereocenters. The van der Waals surface area contributed by atoms with Crippen molar-refractivity contribution < 1.29 is 9.18 Å². The number of rotatable bonds is 5. The second-order valence-electron chi connectivity index (χ2n) is 5.36. The van der Waals surface area contributed by atoms with Gasteiger partial charge < -0.3 is 10.3 Å². The Balaban J connectivity index is 1.98. The number of hydrogen-bond acceptors (Lipinski definition) is 3. The summed E-state index contributed by atoms with van der Waals surface area (Å²) in [6.07, 6.45) is 0.301. The molecule has 0 bridgehead atoms. The summed E-state index contributed by atoms with van der Waals surface area (Å²) in [6, 6.07) is 5.67. The average Bonchev–Trinajstić information content (AvgIpc) is 2.46. The van der Waals surface area contributed by atoms with Crippen LogP contribution in [0.1, 0.15) is 36.2 Å². The van der Waals surface area contributed by atoms with Gasteiger partial charge in [-0.05, 0) is 38.0 Å². The SMILES string of the molecule is Cc1[nH]c(=O)[nH]c(=O)c1CCC(=O)N[C@H](C)c1cccc(F)c1. The molecule has 0 radical (unpaired) electrons. The van der Waals surface area contributed by atoms with Gasteiger partial charge in [0.1, 0.15) is 5.82 Å². The molecule has 0 saturated carbocycles. The van der Waals surface area contributed by atoms with E-state index in [9.17, 15) is 18.8 Å². The standard InChI is InChI=1S/C16H18FN3O3/c1-9(11-4-3-5-12(17)8-11)18-14(21)7-6-13-10(2)19-16(23)20-15(13)22/h3-5,8-9H,6-7H2,1-2H3,(H,18,21)(H2,19,20,22,23)/t9-/m1/s1. The number of carbonyl (C=O) groups is 1. The van der Waals surface area contributed by atoms with E-state index in [2.05, 4.69) is 15.3 Å². The quantitative estimate of drug-likeness (QED) is 0.775. The molecule has 2 rings (SSSR count). The van der Waals surface area contributed by atoms with Crippen molar-refractivity contribution in [1.29, 1.82) is 0 Å². The fraction of sp³-hybridized carbons (Fsp3) is 0.312. The van der Waals surface area contributed by atoms with Crippen LogP contribution in [0, 0.1) is 12.7 Å². The van der Waals surface area contributed by atoms with Gasteiger partial charge in [0.2, 0.25) is 5.91 Å². The molecule has 23 heavy (non-hydrogen) atoms. The Kier molecular flexibility index (Phi) is 5.10. The first kappa shape index (κ1) is 16.7. The summed E-state index contributed by atoms with van der Waals surface area (Å²) in [6.45, 7) is 3.37. The zero-order valence-corrected chi connectivity index (χ0v) is 12.9. The van der Waals surface area contributed by atoms with Gasteiger partial charge in [0.25, 0.3) is 5.56 Å². The van der Waals surface area contributed by atoms with E-state index in [-0.39, 0.29) is 30.6 Å². The summed E-state index contributed by atoms with van der Waals surface area (Å²) in [5.74, 6) is -0.620. The number of hydrogen-bond donors (Lipinski definition) is 3. The number of carbonyl (C=O) groups excluding carboxylic acids is 1. The molecule has 0 fully saturated rings. The first-order valence-electron chi connectivity index (χ1n) is 7.23. The number of aromatic nitrogens is 2. The van der Waals surface area contributed by atoms with Crippen LogP contribution in [0.15, 0.2) is 33.9 Å². The van der Waals surface area contributed by atoms with Crippen LogP contribution < -0.4 is 16.6 Å². The van der Waals surface area contributed by atoms with E-state index in [1.807, 2.05) is 0 Å². The van der Waals surface area contributed by atoms with Crippen LogP contribution in [0.2, 0.25) is 0 Å². The van der Waals surface area contributed by atoms with Crippen molar-refractivity contribution in [2.75, 3.05) is 0 Å². The Labute approximate surface area is 131 Å². The van der Waals surface area contributed by atoms with Crippen LogP contribution >= 0.6 is 0 Å². The number of benzene rings is 1. The maximum Gasteiger partial charge on any atom is 0.325 e. The molecule has 122 valence electrons. The maximum absolute atomic E-state index is 13.2. The topological polar surface area (TPSA) is 94.8 Å². The fourth-order valence-electron chi connectivity index (χ4n) is 2.34. The summed E-state index contributed by atoms with van der Waals surface area (Å²) in [5.41, 5.74) is 0.428. The Bertz CT molecular complexity index is 826. The van der Waals surface area contributed by atoms with Crippen molar-refractivity contribution >= 4 is 5.91 Å². The van der Waals surface area contributed by atoms with Gasteiger partial charge in [-0.3, -0.25) is 14.6 Å². The minimum absolute atomic E-state index is 0.0929. The third-order valence-corrected chi connectivity index (χ3v) is 3.58. The lowest BCUT2D eigenvalue weighted by Crippen LogP contribution is -2.30. The number of H-pyrrole nitrogens is 2. The zero-order valence-electron chi connectivity index (χ0n) is 12.9. The Morgan fingerprint density at radius 2 is 2.04 bits per heavy atom. The van der Waals surface area contributed by atoms with Crippen LogP contribution in [0.25, 0.3) is 0 Å². The molecule has 1 aromatic heterocycles. The zero-order chi connectivity index (χ0) is 17.0. The minimum atomic E-state index is -0.569. The van der Waals surface area contributed by atoms with Gasteiger partial charge in [-0.15, -0.1) is 0 Å². The van der Waals surface area contributed by atoms with Crippen molar-refractivity contribution in [1.82, 2.24) is 15.3 Å². The first-order valence-corrected chi connectivity index (χ1v) is 7.23. The van der Waals surface area contributed by atoms with Gasteiger partial charge in [0.15, 0.2) is 0 Å². The average molecular weight is 319 g/mol. The number of aromatic amines is 2. The molecule has 0 unspecified atom stereocenters. The van der Waals surface area contributed by atoms with Crippen LogP contribution in [0.5, 0.6) is 0 Å². The monoisotopic (exact) mass is 319 g/mol. The smallest absolute Gasteiger partial charge is 0.325 e. The van der Waals surface area contributed by atoms with Crippen molar-refractivity contribution in [3.63, 3.8) is 0 Å². The van der Waals surface area contributed by atoms with E-state index in [1.54, 1.807) is 26.0 Å². The molecule has 1 aromatic carbocycles. The van der Waals surface area contributed by atoms with Gasteiger partial charge in [-0.25, -0.2) is 9.18 Å². The Hall–Kier alpha value is -2.70. The molecule has 6 nitrogen and oxygen atoms in total. The Morgan fingerprint density at radius 1 is 1.30 bits per heavy atom. The summed E-state index contributed by atoms with van der Waals surface area (Å²) >= 11 is 0. The summed E-state index contributed by atoms with van der Waals surface area (Å²) < 4.78 is 13.2. The minimum Gasteiger partial charge on any atom is -0.350 e. The molecule has 0 aliphatic heterocycles. The van der Waals surface area contributed by atoms with E-state index in [1.165, 1.54) is 12.1 Å². The molecule has 0 aliphatic carbocycles. The molecule has 1 amide bonds. The summed E-state index contributed by atoms with van der Waals surface area (Å²) in [7, 11) is 0. The van der Waals surface area contributed by atoms with Gasteiger partial charge in [-0.1, -0.05) is 12.1 Å². The van der Waals surface area contributed by atoms with Gasteiger partial charge >= 0.3 is 5.69 Å². The second kappa shape index (κ2) is 7.04. The number of nitrogens with one attached hydrogen (secondary N) is 3. The number of halogens is 1. The van der Waals surface area contributed by atoms with Gasteiger partial charge in [0.05, 0.1) is 6.04 Å². The molecule has 0 saturated heterocycles. The largest absolute Gasteiger partial charge is 0.350 e. The van der Waals surface area contributed by atoms with E-state index < -0.39 is 11.2 Å². The molecule has 0 spiro atoms. The third kappa shape index (κ3) is 4.38. The summed E-state index contributed by atoms with van der Waals surface area (Å²) in [5, 5.41) is 2.75.